The van der Waals surface area contributed by atoms with Crippen LogP contribution in [0.2, 0.25) is 0 Å². The number of likely N-dealkylation sites (tertiary alicyclic amines) is 1. The number of piperidine rings is 1. The number of carbonyl (C=O) groups excluding carboxylic acids is 1. The van der Waals surface area contributed by atoms with Crippen LogP contribution in [0, 0.1) is 0 Å². The molecule has 1 heterocycles. The van der Waals surface area contributed by atoms with E-state index in [9.17, 15) is 13.6 Å². The van der Waals surface area contributed by atoms with Crippen molar-refractivity contribution in [2.75, 3.05) is 13.1 Å². The molecule has 0 aromatic heterocycles. The third kappa shape index (κ3) is 3.80. The van der Waals surface area contributed by atoms with Crippen LogP contribution < -0.4 is 4.74 Å². The number of hydrogen-bond acceptors (Lipinski definition) is 2. The molecule has 19 heavy (non-hydrogen) atoms. The zero-order chi connectivity index (χ0) is 13.8. The van der Waals surface area contributed by atoms with E-state index in [1.54, 1.807) is 4.90 Å². The van der Waals surface area contributed by atoms with Gasteiger partial charge in [0.15, 0.2) is 0 Å². The summed E-state index contributed by atoms with van der Waals surface area (Å²) >= 11 is 6.03. The molecule has 0 N–H and O–H groups in total. The largest absolute Gasteiger partial charge is 0.435 e. The second-order valence-electron chi connectivity index (χ2n) is 4.39. The monoisotopic (exact) mass is 289 g/mol. The number of rotatable bonds is 3. The van der Waals surface area contributed by atoms with Crippen molar-refractivity contribution in [3.05, 3.63) is 29.8 Å². The van der Waals surface area contributed by atoms with Crippen LogP contribution in [0.4, 0.5) is 8.78 Å². The van der Waals surface area contributed by atoms with Gasteiger partial charge in [-0.3, -0.25) is 4.79 Å². The number of alkyl halides is 3. The first-order valence-electron chi connectivity index (χ1n) is 6.04. The lowest BCUT2D eigenvalue weighted by Crippen LogP contribution is -2.40. The summed E-state index contributed by atoms with van der Waals surface area (Å²) in [7, 11) is 0. The van der Waals surface area contributed by atoms with E-state index in [0.29, 0.717) is 18.7 Å². The average molecular weight is 290 g/mol. The van der Waals surface area contributed by atoms with E-state index in [0.717, 1.165) is 12.8 Å². The topological polar surface area (TPSA) is 29.5 Å². The number of carbonyl (C=O) groups is 1. The molecule has 1 amide bonds. The maximum absolute atomic E-state index is 12.2. The molecule has 6 heteroatoms. The van der Waals surface area contributed by atoms with Crippen molar-refractivity contribution >= 4 is 17.5 Å². The number of benzene rings is 1. The van der Waals surface area contributed by atoms with E-state index in [1.807, 2.05) is 0 Å². The van der Waals surface area contributed by atoms with Crippen molar-refractivity contribution in [3.8, 4) is 5.75 Å². The van der Waals surface area contributed by atoms with Gasteiger partial charge < -0.3 is 9.64 Å². The van der Waals surface area contributed by atoms with Gasteiger partial charge in [0.05, 0.1) is 5.38 Å². The number of amides is 1. The summed E-state index contributed by atoms with van der Waals surface area (Å²) in [6, 6.07) is 5.69. The Morgan fingerprint density at radius 2 is 2.05 bits per heavy atom. The van der Waals surface area contributed by atoms with Gasteiger partial charge in [0.1, 0.15) is 5.75 Å². The molecular weight excluding hydrogens is 276 g/mol. The molecular formula is C13H14ClF2NO2. The van der Waals surface area contributed by atoms with Crippen LogP contribution in [-0.4, -0.2) is 35.9 Å². The molecule has 3 nitrogen and oxygen atoms in total. The molecule has 104 valence electrons. The fourth-order valence-electron chi connectivity index (χ4n) is 2.07. The Hall–Kier alpha value is -1.36. The van der Waals surface area contributed by atoms with Crippen molar-refractivity contribution < 1.29 is 18.3 Å². The van der Waals surface area contributed by atoms with Gasteiger partial charge >= 0.3 is 6.61 Å². The SMILES string of the molecule is O=C(c1ccc(OC(F)F)cc1)N1CCCC(Cl)C1. The first-order chi connectivity index (χ1) is 9.06. The third-order valence-electron chi connectivity index (χ3n) is 2.98. The average Bonchev–Trinajstić information content (AvgIpc) is 2.38. The van der Waals surface area contributed by atoms with E-state index >= 15 is 0 Å². The number of ether oxygens (including phenoxy) is 1. The number of halogens is 3. The lowest BCUT2D eigenvalue weighted by Gasteiger charge is -2.29. The summed E-state index contributed by atoms with van der Waals surface area (Å²) in [5, 5.41) is -0.0147. The molecule has 1 aromatic carbocycles. The van der Waals surface area contributed by atoms with Crippen LogP contribution >= 0.6 is 11.6 Å². The van der Waals surface area contributed by atoms with Crippen molar-refractivity contribution in [2.45, 2.75) is 24.8 Å². The molecule has 0 aliphatic carbocycles. The molecule has 0 bridgehead atoms. The molecule has 1 fully saturated rings. The Bertz CT molecular complexity index is 439. The highest BCUT2D eigenvalue weighted by molar-refractivity contribution is 6.21. The van der Waals surface area contributed by atoms with Gasteiger partial charge in [0.2, 0.25) is 0 Å². The minimum atomic E-state index is -2.86. The first kappa shape index (κ1) is 14.1. The Morgan fingerprint density at radius 3 is 2.63 bits per heavy atom. The molecule has 1 aromatic rings. The van der Waals surface area contributed by atoms with Gasteiger partial charge in [-0.25, -0.2) is 0 Å². The second-order valence-corrected chi connectivity index (χ2v) is 5.01. The standard InChI is InChI=1S/C13H14ClF2NO2/c14-10-2-1-7-17(8-10)12(18)9-3-5-11(6-4-9)19-13(15)16/h3-6,10,13H,1-2,7-8H2. The summed E-state index contributed by atoms with van der Waals surface area (Å²) in [5.41, 5.74) is 0.451. The summed E-state index contributed by atoms with van der Waals surface area (Å²) in [6.45, 7) is -1.66. The minimum Gasteiger partial charge on any atom is -0.435 e. The molecule has 1 aliphatic rings. The Labute approximate surface area is 115 Å². The van der Waals surface area contributed by atoms with E-state index < -0.39 is 6.61 Å². The third-order valence-corrected chi connectivity index (χ3v) is 3.33. The zero-order valence-electron chi connectivity index (χ0n) is 10.2. The molecule has 0 radical (unpaired) electrons. The summed E-state index contributed by atoms with van der Waals surface area (Å²) in [6.07, 6.45) is 1.79. The van der Waals surface area contributed by atoms with Crippen LogP contribution in [0.1, 0.15) is 23.2 Å². The molecule has 0 spiro atoms. The molecule has 2 rings (SSSR count). The normalized spacial score (nSPS) is 19.6. The Kier molecular flexibility index (Phi) is 4.58. The van der Waals surface area contributed by atoms with Gasteiger partial charge in [-0.1, -0.05) is 0 Å². The highest BCUT2D eigenvalue weighted by atomic mass is 35.5. The van der Waals surface area contributed by atoms with Crippen LogP contribution in [0.25, 0.3) is 0 Å². The molecule has 0 saturated carbocycles. The summed E-state index contributed by atoms with van der Waals surface area (Å²) in [5.74, 6) is -0.0886. The zero-order valence-corrected chi connectivity index (χ0v) is 10.9. The van der Waals surface area contributed by atoms with Crippen molar-refractivity contribution in [2.24, 2.45) is 0 Å². The number of hydrogen-bond donors (Lipinski definition) is 0. The quantitative estimate of drug-likeness (QED) is 0.800. The van der Waals surface area contributed by atoms with E-state index in [-0.39, 0.29) is 17.0 Å². The molecule has 1 atom stereocenters. The first-order valence-corrected chi connectivity index (χ1v) is 6.48. The summed E-state index contributed by atoms with van der Waals surface area (Å²) in [4.78, 5) is 13.8. The van der Waals surface area contributed by atoms with Crippen LogP contribution in [0.5, 0.6) is 5.75 Å². The van der Waals surface area contributed by atoms with Gasteiger partial charge in [-0.15, -0.1) is 11.6 Å². The van der Waals surface area contributed by atoms with Crippen LogP contribution in [0.3, 0.4) is 0 Å². The molecule has 1 aliphatic heterocycles. The smallest absolute Gasteiger partial charge is 0.387 e. The highest BCUT2D eigenvalue weighted by Crippen LogP contribution is 2.19. The lowest BCUT2D eigenvalue weighted by atomic mass is 10.1. The fraction of sp³-hybridized carbons (Fsp3) is 0.462. The van der Waals surface area contributed by atoms with E-state index in [1.165, 1.54) is 24.3 Å². The summed E-state index contributed by atoms with van der Waals surface area (Å²) < 4.78 is 28.2. The van der Waals surface area contributed by atoms with Crippen LogP contribution in [0.15, 0.2) is 24.3 Å². The van der Waals surface area contributed by atoms with E-state index in [4.69, 9.17) is 11.6 Å². The van der Waals surface area contributed by atoms with E-state index in [2.05, 4.69) is 4.74 Å². The van der Waals surface area contributed by atoms with Crippen molar-refractivity contribution in [1.82, 2.24) is 4.90 Å². The number of nitrogens with zero attached hydrogens (tertiary/aromatic N) is 1. The highest BCUT2D eigenvalue weighted by Gasteiger charge is 2.23. The maximum atomic E-state index is 12.2. The Balaban J connectivity index is 2.02. The lowest BCUT2D eigenvalue weighted by molar-refractivity contribution is -0.0498. The predicted molar refractivity (Wildman–Crippen MR) is 67.9 cm³/mol. The second kappa shape index (κ2) is 6.19. The van der Waals surface area contributed by atoms with Crippen molar-refractivity contribution in [3.63, 3.8) is 0 Å². The van der Waals surface area contributed by atoms with Gasteiger partial charge in [-0.05, 0) is 37.1 Å². The van der Waals surface area contributed by atoms with Crippen molar-refractivity contribution in [1.29, 1.82) is 0 Å². The maximum Gasteiger partial charge on any atom is 0.387 e. The van der Waals surface area contributed by atoms with Gasteiger partial charge in [-0.2, -0.15) is 8.78 Å². The molecule has 1 unspecified atom stereocenters. The predicted octanol–water partition coefficient (Wildman–Crippen LogP) is 3.13. The van der Waals surface area contributed by atoms with Crippen LogP contribution in [-0.2, 0) is 0 Å². The fourth-order valence-corrected chi connectivity index (χ4v) is 2.39. The molecule has 1 saturated heterocycles. The van der Waals surface area contributed by atoms with Gasteiger partial charge in [0.25, 0.3) is 5.91 Å². The van der Waals surface area contributed by atoms with Gasteiger partial charge in [0, 0.05) is 18.7 Å². The Morgan fingerprint density at radius 1 is 1.37 bits per heavy atom. The minimum absolute atomic E-state index is 0.0147.